The normalized spacial score (nSPS) is 10.8. The first-order valence-electron chi connectivity index (χ1n) is 9.67. The first-order valence-corrected chi connectivity index (χ1v) is 11.4. The molecule has 8 heteroatoms. The molecule has 0 atom stereocenters. The van der Waals surface area contributed by atoms with Crippen molar-refractivity contribution >= 4 is 41.0 Å². The molecule has 164 valence electrons. The SMILES string of the molecule is CC(=O)Oc1ccccc1P(=O)(c1ccccc1OC(C)=O)c1ccccc1OC(C)=O. The summed E-state index contributed by atoms with van der Waals surface area (Å²) in [6, 6.07) is 19.1. The smallest absolute Gasteiger partial charge is 0.308 e. The van der Waals surface area contributed by atoms with Gasteiger partial charge in [-0.3, -0.25) is 14.4 Å². The van der Waals surface area contributed by atoms with Crippen LogP contribution >= 0.6 is 7.14 Å². The van der Waals surface area contributed by atoms with Crippen molar-refractivity contribution in [1.29, 1.82) is 0 Å². The summed E-state index contributed by atoms with van der Waals surface area (Å²) in [4.78, 5) is 35.2. The summed E-state index contributed by atoms with van der Waals surface area (Å²) in [6.07, 6.45) is 0. The fraction of sp³-hybridized carbons (Fsp3) is 0.125. The summed E-state index contributed by atoms with van der Waals surface area (Å²) in [5.74, 6) is -1.53. The van der Waals surface area contributed by atoms with Crippen LogP contribution < -0.4 is 30.1 Å². The Morgan fingerprint density at radius 3 is 1.03 bits per heavy atom. The third kappa shape index (κ3) is 4.79. The lowest BCUT2D eigenvalue weighted by atomic mass is 10.3. The Kier molecular flexibility index (Phi) is 6.91. The van der Waals surface area contributed by atoms with E-state index in [4.69, 9.17) is 14.2 Å². The van der Waals surface area contributed by atoms with E-state index in [1.165, 1.54) is 39.0 Å². The average molecular weight is 452 g/mol. The van der Waals surface area contributed by atoms with E-state index in [1.54, 1.807) is 54.6 Å². The van der Waals surface area contributed by atoms with Crippen molar-refractivity contribution in [1.82, 2.24) is 0 Å². The van der Waals surface area contributed by atoms with E-state index in [-0.39, 0.29) is 33.2 Å². The standard InChI is InChI=1S/C24H21O7P/c1-16(25)29-19-10-4-7-13-22(19)32(28,23-14-8-5-11-20(23)30-17(2)26)24-15-9-6-12-21(24)31-18(3)27/h4-15H,1-3H3. The van der Waals surface area contributed by atoms with Gasteiger partial charge in [0.05, 0.1) is 15.9 Å². The number of hydrogen-bond acceptors (Lipinski definition) is 7. The number of ether oxygens (including phenoxy) is 3. The molecule has 32 heavy (non-hydrogen) atoms. The van der Waals surface area contributed by atoms with Gasteiger partial charge in [-0.2, -0.15) is 0 Å². The zero-order valence-electron chi connectivity index (χ0n) is 17.7. The molecule has 0 saturated heterocycles. The molecule has 0 fully saturated rings. The van der Waals surface area contributed by atoms with Crippen molar-refractivity contribution in [2.45, 2.75) is 20.8 Å². The number of benzene rings is 3. The quantitative estimate of drug-likeness (QED) is 0.322. The predicted molar refractivity (Wildman–Crippen MR) is 120 cm³/mol. The Balaban J connectivity index is 2.41. The molecule has 0 bridgehead atoms. The maximum Gasteiger partial charge on any atom is 0.308 e. The molecule has 0 radical (unpaired) electrons. The lowest BCUT2D eigenvalue weighted by Crippen LogP contribution is -2.29. The molecule has 0 unspecified atom stereocenters. The predicted octanol–water partition coefficient (Wildman–Crippen LogP) is 3.10. The molecule has 0 aliphatic heterocycles. The van der Waals surface area contributed by atoms with Crippen LogP contribution in [-0.4, -0.2) is 17.9 Å². The lowest BCUT2D eigenvalue weighted by Gasteiger charge is -2.25. The van der Waals surface area contributed by atoms with Gasteiger partial charge in [-0.15, -0.1) is 0 Å². The summed E-state index contributed by atoms with van der Waals surface area (Å²) < 4.78 is 31.1. The summed E-state index contributed by atoms with van der Waals surface area (Å²) in [7, 11) is -3.89. The lowest BCUT2D eigenvalue weighted by molar-refractivity contribution is -0.132. The largest absolute Gasteiger partial charge is 0.426 e. The van der Waals surface area contributed by atoms with E-state index in [2.05, 4.69) is 0 Å². The molecular weight excluding hydrogens is 431 g/mol. The van der Waals surface area contributed by atoms with Gasteiger partial charge >= 0.3 is 17.9 Å². The van der Waals surface area contributed by atoms with Crippen LogP contribution in [0.2, 0.25) is 0 Å². The van der Waals surface area contributed by atoms with Gasteiger partial charge in [0.15, 0.2) is 7.14 Å². The van der Waals surface area contributed by atoms with Gasteiger partial charge in [0.1, 0.15) is 17.2 Å². The number of para-hydroxylation sites is 3. The molecule has 0 N–H and O–H groups in total. The highest BCUT2D eigenvalue weighted by atomic mass is 31.2. The second-order valence-electron chi connectivity index (χ2n) is 6.79. The third-order valence-corrected chi connectivity index (χ3v) is 7.52. The number of rotatable bonds is 6. The number of carbonyl (C=O) groups excluding carboxylic acids is 3. The minimum Gasteiger partial charge on any atom is -0.426 e. The van der Waals surface area contributed by atoms with E-state index in [0.29, 0.717) is 0 Å². The maximum absolute atomic E-state index is 15.1. The van der Waals surface area contributed by atoms with Crippen LogP contribution in [-0.2, 0) is 18.9 Å². The van der Waals surface area contributed by atoms with Crippen LogP contribution in [0.15, 0.2) is 72.8 Å². The summed E-state index contributed by atoms with van der Waals surface area (Å²) in [5, 5.41) is 0.568. The minimum atomic E-state index is -3.89. The van der Waals surface area contributed by atoms with Crippen LogP contribution in [0, 0.1) is 0 Å². The first-order chi connectivity index (χ1) is 15.2. The Bertz CT molecular complexity index is 1080. The van der Waals surface area contributed by atoms with Crippen molar-refractivity contribution in [3.63, 3.8) is 0 Å². The molecule has 3 aromatic rings. The van der Waals surface area contributed by atoms with Crippen LogP contribution in [0.25, 0.3) is 0 Å². The Morgan fingerprint density at radius 1 is 0.531 bits per heavy atom. The molecule has 0 amide bonds. The zero-order chi connectivity index (χ0) is 23.3. The van der Waals surface area contributed by atoms with Gasteiger partial charge < -0.3 is 18.8 Å². The van der Waals surface area contributed by atoms with Crippen LogP contribution in [0.1, 0.15) is 20.8 Å². The fourth-order valence-electron chi connectivity index (χ4n) is 3.26. The molecule has 7 nitrogen and oxygen atoms in total. The Labute approximate surface area is 185 Å². The molecule has 0 spiro atoms. The Hall–Kier alpha value is -3.70. The van der Waals surface area contributed by atoms with Gasteiger partial charge in [0, 0.05) is 20.8 Å². The molecule has 0 aromatic heterocycles. The van der Waals surface area contributed by atoms with Crippen LogP contribution in [0.4, 0.5) is 0 Å². The fourth-order valence-corrected chi connectivity index (χ4v) is 6.22. The molecular formula is C24H21O7P. The number of hydrogen-bond donors (Lipinski definition) is 0. The highest BCUT2D eigenvalue weighted by Gasteiger charge is 2.38. The summed E-state index contributed by atoms with van der Waals surface area (Å²) >= 11 is 0. The van der Waals surface area contributed by atoms with Crippen LogP contribution in [0.3, 0.4) is 0 Å². The van der Waals surface area contributed by atoms with E-state index in [9.17, 15) is 14.4 Å². The van der Waals surface area contributed by atoms with Gasteiger partial charge in [0.2, 0.25) is 0 Å². The van der Waals surface area contributed by atoms with E-state index in [0.717, 1.165) is 0 Å². The number of esters is 3. The molecule has 3 aromatic carbocycles. The Morgan fingerprint density at radius 2 is 0.781 bits per heavy atom. The highest BCUT2D eigenvalue weighted by molar-refractivity contribution is 7.85. The summed E-state index contributed by atoms with van der Waals surface area (Å²) in [5.41, 5.74) is 0. The highest BCUT2D eigenvalue weighted by Crippen LogP contribution is 2.49. The van der Waals surface area contributed by atoms with Crippen molar-refractivity contribution in [3.05, 3.63) is 72.8 Å². The molecule has 0 aliphatic rings. The van der Waals surface area contributed by atoms with E-state index >= 15 is 4.57 Å². The monoisotopic (exact) mass is 452 g/mol. The first kappa shape index (κ1) is 23.0. The van der Waals surface area contributed by atoms with E-state index < -0.39 is 25.0 Å². The molecule has 0 heterocycles. The van der Waals surface area contributed by atoms with Crippen molar-refractivity contribution in [2.75, 3.05) is 0 Å². The van der Waals surface area contributed by atoms with Crippen LogP contribution in [0.5, 0.6) is 17.2 Å². The second-order valence-corrected chi connectivity index (χ2v) is 9.46. The van der Waals surface area contributed by atoms with Crippen molar-refractivity contribution in [2.24, 2.45) is 0 Å². The molecule has 3 rings (SSSR count). The average Bonchev–Trinajstić information content (AvgIpc) is 2.73. The second kappa shape index (κ2) is 9.62. The minimum absolute atomic E-state index is 0.0820. The van der Waals surface area contributed by atoms with Gasteiger partial charge in [-0.25, -0.2) is 0 Å². The van der Waals surface area contributed by atoms with Gasteiger partial charge in [-0.05, 0) is 36.4 Å². The molecule has 0 aliphatic carbocycles. The zero-order valence-corrected chi connectivity index (χ0v) is 18.6. The van der Waals surface area contributed by atoms with Gasteiger partial charge in [0.25, 0.3) is 0 Å². The topological polar surface area (TPSA) is 96.0 Å². The van der Waals surface area contributed by atoms with Crippen molar-refractivity contribution in [3.8, 4) is 17.2 Å². The summed E-state index contributed by atoms with van der Waals surface area (Å²) in [6.45, 7) is 3.71. The van der Waals surface area contributed by atoms with Crippen molar-refractivity contribution < 1.29 is 33.2 Å². The maximum atomic E-state index is 15.1. The third-order valence-electron chi connectivity index (χ3n) is 4.37. The van der Waals surface area contributed by atoms with E-state index in [1.807, 2.05) is 0 Å². The number of carbonyl (C=O) groups is 3. The van der Waals surface area contributed by atoms with Gasteiger partial charge in [-0.1, -0.05) is 36.4 Å². The molecule has 0 saturated carbocycles.